The van der Waals surface area contributed by atoms with Crippen LogP contribution in [0.1, 0.15) is 17.7 Å². The lowest BCUT2D eigenvalue weighted by molar-refractivity contribution is 0.892. The summed E-state index contributed by atoms with van der Waals surface area (Å²) in [6, 6.07) is 2.06. The van der Waals surface area contributed by atoms with E-state index < -0.39 is 0 Å². The number of aromatic nitrogens is 1. The zero-order valence-electron chi connectivity index (χ0n) is 4.70. The van der Waals surface area contributed by atoms with Gasteiger partial charge in [0.25, 0.3) is 0 Å². The molecule has 1 nitrogen and oxygen atoms in total. The molecule has 0 amide bonds. The molecule has 0 bridgehead atoms. The first-order chi connectivity index (χ1) is 3.97. The van der Waals surface area contributed by atoms with Crippen LogP contribution in [0.15, 0.2) is 6.07 Å². The summed E-state index contributed by atoms with van der Waals surface area (Å²) in [5, 5.41) is 0. The third-order valence-corrected chi connectivity index (χ3v) is 1.73. The molecule has 1 aliphatic carbocycles. The van der Waals surface area contributed by atoms with E-state index in [1.165, 1.54) is 30.5 Å². The Balaban J connectivity index is 2.54. The first-order valence-corrected chi connectivity index (χ1v) is 3.03. The molecule has 0 saturated carbocycles. The van der Waals surface area contributed by atoms with Crippen LogP contribution < -0.4 is 0 Å². The summed E-state index contributed by atoms with van der Waals surface area (Å²) in [7, 11) is 0. The smallest absolute Gasteiger partial charge is 0.0624 e. The Kier molecular flexibility index (Phi) is 0.720. The quantitative estimate of drug-likeness (QED) is 0.513. The Bertz CT molecular complexity index is 170. The predicted octanol–water partition coefficient (Wildman–Crippen LogP) is 1.30. The van der Waals surface area contributed by atoms with Crippen LogP contribution in [0.2, 0.25) is 0 Å². The zero-order valence-corrected chi connectivity index (χ0v) is 4.70. The number of aryl methyl sites for hydroxylation is 2. The molecule has 0 aliphatic heterocycles. The Morgan fingerprint density at radius 2 is 2.50 bits per heavy atom. The van der Waals surface area contributed by atoms with Gasteiger partial charge in [0.15, 0.2) is 0 Å². The average molecular weight is 106 g/mol. The second-order valence-corrected chi connectivity index (χ2v) is 2.27. The highest BCUT2D eigenvalue weighted by Crippen LogP contribution is 2.18. The number of hydrogen-bond donors (Lipinski definition) is 1. The molecule has 8 heavy (non-hydrogen) atoms. The van der Waals surface area contributed by atoms with Crippen molar-refractivity contribution in [2.45, 2.75) is 19.3 Å². The number of rotatable bonds is 0. The van der Waals surface area contributed by atoms with Gasteiger partial charge in [-0.3, -0.25) is 0 Å². The van der Waals surface area contributed by atoms with E-state index in [9.17, 15) is 0 Å². The highest BCUT2D eigenvalue weighted by atomic mass is 14.7. The molecule has 1 radical (unpaired) electrons. The van der Waals surface area contributed by atoms with E-state index in [1.54, 1.807) is 0 Å². The van der Waals surface area contributed by atoms with E-state index >= 15 is 0 Å². The zero-order chi connectivity index (χ0) is 5.40. The molecule has 1 aliphatic rings. The Hall–Kier alpha value is -0.720. The Labute approximate surface area is 48.7 Å². The highest BCUT2D eigenvalue weighted by Gasteiger charge is 2.09. The minimum Gasteiger partial charge on any atom is -0.357 e. The Morgan fingerprint density at radius 1 is 1.50 bits per heavy atom. The number of fused-ring (bicyclic) bond motifs is 1. The van der Waals surface area contributed by atoms with Gasteiger partial charge in [-0.1, -0.05) is 0 Å². The maximum Gasteiger partial charge on any atom is 0.0624 e. The van der Waals surface area contributed by atoms with Crippen molar-refractivity contribution in [3.05, 3.63) is 23.5 Å². The van der Waals surface area contributed by atoms with Gasteiger partial charge in [-0.15, -0.1) is 0 Å². The summed E-state index contributed by atoms with van der Waals surface area (Å²) in [4.78, 5) is 3.09. The van der Waals surface area contributed by atoms with E-state index in [4.69, 9.17) is 0 Å². The summed E-state index contributed by atoms with van der Waals surface area (Å²) in [5.41, 5.74) is 2.88. The van der Waals surface area contributed by atoms with Gasteiger partial charge in [0.2, 0.25) is 0 Å². The van der Waals surface area contributed by atoms with Gasteiger partial charge in [-0.2, -0.15) is 0 Å². The minimum atomic E-state index is 1.23. The van der Waals surface area contributed by atoms with E-state index in [1.807, 2.05) is 0 Å². The maximum absolute atomic E-state index is 3.09. The van der Waals surface area contributed by atoms with Gasteiger partial charge < -0.3 is 4.98 Å². The minimum absolute atomic E-state index is 1.23. The molecule has 2 rings (SSSR count). The molecule has 1 heterocycles. The van der Waals surface area contributed by atoms with Crippen LogP contribution in [0.3, 0.4) is 0 Å². The fourth-order valence-electron chi connectivity index (χ4n) is 1.28. The molecule has 1 N–H and O–H groups in total. The van der Waals surface area contributed by atoms with Gasteiger partial charge in [-0.05, 0) is 30.9 Å². The number of H-pyrrole nitrogens is 1. The van der Waals surface area contributed by atoms with Crippen molar-refractivity contribution in [1.82, 2.24) is 4.98 Å². The first-order valence-electron chi connectivity index (χ1n) is 3.03. The summed E-state index contributed by atoms with van der Waals surface area (Å²) in [6.07, 6.45) is 6.80. The van der Waals surface area contributed by atoms with Gasteiger partial charge >= 0.3 is 0 Å². The predicted molar refractivity (Wildman–Crippen MR) is 31.7 cm³/mol. The standard InChI is InChI=1S/C7H8N/c1-2-6-4-5-8-7(6)3-1/h4,8H,1-3H2. The maximum atomic E-state index is 3.09. The van der Waals surface area contributed by atoms with Crippen molar-refractivity contribution in [2.75, 3.05) is 0 Å². The van der Waals surface area contributed by atoms with Crippen LogP contribution in [0.4, 0.5) is 0 Å². The molecule has 0 spiro atoms. The summed E-state index contributed by atoms with van der Waals surface area (Å²) in [6.45, 7) is 0. The largest absolute Gasteiger partial charge is 0.357 e. The molecule has 1 aromatic heterocycles. The van der Waals surface area contributed by atoms with E-state index in [2.05, 4.69) is 17.2 Å². The fourth-order valence-corrected chi connectivity index (χ4v) is 1.28. The summed E-state index contributed by atoms with van der Waals surface area (Å²) < 4.78 is 0. The molecule has 0 atom stereocenters. The average Bonchev–Trinajstić information content (AvgIpc) is 2.15. The van der Waals surface area contributed by atoms with Crippen molar-refractivity contribution < 1.29 is 0 Å². The third kappa shape index (κ3) is 0.414. The molecule has 1 heteroatoms. The molecule has 1 aromatic rings. The van der Waals surface area contributed by atoms with E-state index in [0.29, 0.717) is 0 Å². The second kappa shape index (κ2) is 1.38. The van der Waals surface area contributed by atoms with Crippen LogP contribution in [0, 0.1) is 6.20 Å². The first kappa shape index (κ1) is 4.19. The lowest BCUT2D eigenvalue weighted by Crippen LogP contribution is -1.73. The normalized spacial score (nSPS) is 16.5. The highest BCUT2D eigenvalue weighted by molar-refractivity contribution is 5.24. The third-order valence-electron chi connectivity index (χ3n) is 1.73. The number of nitrogens with one attached hydrogen (secondary N) is 1. The molecular weight excluding hydrogens is 98.1 g/mol. The van der Waals surface area contributed by atoms with Gasteiger partial charge in [-0.25, -0.2) is 0 Å². The number of aromatic amines is 1. The monoisotopic (exact) mass is 106 g/mol. The van der Waals surface area contributed by atoms with Crippen molar-refractivity contribution in [1.29, 1.82) is 0 Å². The van der Waals surface area contributed by atoms with Crippen molar-refractivity contribution in [3.63, 3.8) is 0 Å². The SMILES string of the molecule is [c]1cc2c([nH]1)CCC2. The van der Waals surface area contributed by atoms with Crippen LogP contribution >= 0.6 is 0 Å². The lowest BCUT2D eigenvalue weighted by atomic mass is 10.3. The topological polar surface area (TPSA) is 15.8 Å². The fraction of sp³-hybridized carbons (Fsp3) is 0.429. The van der Waals surface area contributed by atoms with E-state index in [-0.39, 0.29) is 0 Å². The molecule has 0 unspecified atom stereocenters. The molecular formula is C7H8N. The lowest BCUT2D eigenvalue weighted by Gasteiger charge is -1.81. The van der Waals surface area contributed by atoms with Crippen LogP contribution in [-0.4, -0.2) is 4.98 Å². The summed E-state index contributed by atoms with van der Waals surface area (Å²) in [5.74, 6) is 0. The van der Waals surface area contributed by atoms with E-state index in [0.717, 1.165) is 0 Å². The van der Waals surface area contributed by atoms with Crippen LogP contribution in [-0.2, 0) is 12.8 Å². The van der Waals surface area contributed by atoms with Gasteiger partial charge in [0, 0.05) is 5.69 Å². The number of hydrogen-bond acceptors (Lipinski definition) is 0. The molecule has 0 saturated heterocycles. The molecule has 41 valence electrons. The van der Waals surface area contributed by atoms with Crippen molar-refractivity contribution >= 4 is 0 Å². The molecule has 0 fully saturated rings. The van der Waals surface area contributed by atoms with Crippen LogP contribution in [0.5, 0.6) is 0 Å². The van der Waals surface area contributed by atoms with Crippen molar-refractivity contribution in [3.8, 4) is 0 Å². The van der Waals surface area contributed by atoms with Crippen LogP contribution in [0.25, 0.3) is 0 Å². The van der Waals surface area contributed by atoms with Gasteiger partial charge in [0.1, 0.15) is 0 Å². The Morgan fingerprint density at radius 3 is 3.38 bits per heavy atom. The van der Waals surface area contributed by atoms with Gasteiger partial charge in [0.05, 0.1) is 6.20 Å². The summed E-state index contributed by atoms with van der Waals surface area (Å²) >= 11 is 0. The molecule has 0 aromatic carbocycles. The van der Waals surface area contributed by atoms with Crippen molar-refractivity contribution in [2.24, 2.45) is 0 Å². The second-order valence-electron chi connectivity index (χ2n) is 2.27.